The number of amides is 2. The zero-order chi connectivity index (χ0) is 24.4. The average molecular weight is 469 g/mol. The number of nitro benzene ring substituents is 1. The lowest BCUT2D eigenvalue weighted by molar-refractivity contribution is -0.384. The van der Waals surface area contributed by atoms with Gasteiger partial charge in [-0.25, -0.2) is 4.90 Å². The van der Waals surface area contributed by atoms with Crippen LogP contribution in [0.25, 0.3) is 6.08 Å². The van der Waals surface area contributed by atoms with Crippen LogP contribution in [0.5, 0.6) is 0 Å². The van der Waals surface area contributed by atoms with Gasteiger partial charge in [0.05, 0.1) is 34.8 Å². The molecule has 3 aliphatic heterocycles. The molecule has 3 aromatic rings. The van der Waals surface area contributed by atoms with Crippen LogP contribution in [0.15, 0.2) is 71.5 Å². The Morgan fingerprint density at radius 2 is 1.80 bits per heavy atom. The van der Waals surface area contributed by atoms with Crippen molar-refractivity contribution in [1.29, 1.82) is 0 Å². The zero-order valence-corrected chi connectivity index (χ0v) is 18.5. The van der Waals surface area contributed by atoms with Crippen LogP contribution >= 0.6 is 0 Å². The molecule has 3 aliphatic rings. The quantitative estimate of drug-likeness (QED) is 0.246. The van der Waals surface area contributed by atoms with E-state index in [9.17, 15) is 24.5 Å². The van der Waals surface area contributed by atoms with Gasteiger partial charge in [0.25, 0.3) is 5.69 Å². The highest BCUT2D eigenvalue weighted by Gasteiger charge is 2.65. The molecule has 174 valence electrons. The minimum Gasteiger partial charge on any atom is -0.461 e. The first-order valence-corrected chi connectivity index (χ1v) is 11.1. The number of furan rings is 1. The Bertz CT molecular complexity index is 1440. The van der Waals surface area contributed by atoms with Crippen molar-refractivity contribution in [3.63, 3.8) is 0 Å². The van der Waals surface area contributed by atoms with E-state index in [1.165, 1.54) is 30.5 Å². The molecule has 2 aromatic carbocycles. The second kappa shape index (κ2) is 7.49. The number of benzene rings is 2. The predicted octanol–water partition coefficient (Wildman–Crippen LogP) is 3.89. The lowest BCUT2D eigenvalue weighted by Gasteiger charge is -2.35. The van der Waals surface area contributed by atoms with Crippen LogP contribution in [0.1, 0.15) is 33.3 Å². The van der Waals surface area contributed by atoms with E-state index in [0.29, 0.717) is 5.56 Å². The van der Waals surface area contributed by atoms with Crippen molar-refractivity contribution >= 4 is 35.0 Å². The maximum atomic E-state index is 13.9. The number of ketones is 1. The summed E-state index contributed by atoms with van der Waals surface area (Å²) >= 11 is 0. The summed E-state index contributed by atoms with van der Waals surface area (Å²) < 4.78 is 5.36. The van der Waals surface area contributed by atoms with Gasteiger partial charge < -0.3 is 9.32 Å². The molecule has 6 rings (SSSR count). The number of fused-ring (bicyclic) bond motifs is 5. The van der Waals surface area contributed by atoms with E-state index in [4.69, 9.17) is 4.42 Å². The van der Waals surface area contributed by atoms with Crippen LogP contribution in [0.4, 0.5) is 11.4 Å². The number of anilines is 1. The van der Waals surface area contributed by atoms with Gasteiger partial charge in [-0.3, -0.25) is 24.5 Å². The Hall–Kier alpha value is -4.53. The summed E-state index contributed by atoms with van der Waals surface area (Å²) in [5, 5.41) is 11.4. The second-order valence-electron chi connectivity index (χ2n) is 8.91. The highest BCUT2D eigenvalue weighted by molar-refractivity contribution is 6.25. The fraction of sp³-hybridized carbons (Fsp3) is 0.192. The summed E-state index contributed by atoms with van der Waals surface area (Å²) in [4.78, 5) is 55.0. The summed E-state index contributed by atoms with van der Waals surface area (Å²) in [5.74, 6) is -3.12. The molecule has 2 amide bonds. The van der Waals surface area contributed by atoms with Crippen LogP contribution in [-0.4, -0.2) is 33.5 Å². The maximum absolute atomic E-state index is 13.9. The number of carbonyl (C=O) groups excluding carboxylic acids is 3. The number of nitro groups is 1. The van der Waals surface area contributed by atoms with E-state index in [-0.39, 0.29) is 17.1 Å². The number of hydrogen-bond donors (Lipinski definition) is 0. The number of hydrogen-bond acceptors (Lipinski definition) is 7. The first-order valence-electron chi connectivity index (χ1n) is 11.1. The van der Waals surface area contributed by atoms with Crippen LogP contribution in [-0.2, 0) is 9.59 Å². The summed E-state index contributed by atoms with van der Waals surface area (Å²) in [6.45, 7) is 1.68. The van der Waals surface area contributed by atoms with Crippen molar-refractivity contribution in [2.24, 2.45) is 11.8 Å². The summed E-state index contributed by atoms with van der Waals surface area (Å²) in [5.41, 5.74) is 2.24. The standard InChI is InChI=1S/C26H19N3O6/c1-14-8-9-16(29(33)34)13-18(14)28-25(31)20-21(26(28)32)23(24(30)19-7-4-12-35-19)27-11-10-15-5-2-3-6-17(15)22(20)27/h2-13,20-23H,1H3/t20-,21+,22+,23-/m0/s1. The number of non-ortho nitro benzene ring substituents is 1. The van der Waals surface area contributed by atoms with E-state index >= 15 is 0 Å². The second-order valence-corrected chi connectivity index (χ2v) is 8.91. The highest BCUT2D eigenvalue weighted by atomic mass is 16.6. The Morgan fingerprint density at radius 3 is 2.54 bits per heavy atom. The lowest BCUT2D eigenvalue weighted by atomic mass is 9.84. The number of aryl methyl sites for hydroxylation is 1. The van der Waals surface area contributed by atoms with Gasteiger partial charge in [0.15, 0.2) is 5.76 Å². The summed E-state index contributed by atoms with van der Waals surface area (Å²) in [7, 11) is 0. The molecule has 0 radical (unpaired) electrons. The molecule has 0 unspecified atom stereocenters. The minimum absolute atomic E-state index is 0.104. The normalized spacial score (nSPS) is 24.4. The zero-order valence-electron chi connectivity index (χ0n) is 18.5. The third kappa shape index (κ3) is 2.91. The fourth-order valence-electron chi connectivity index (χ4n) is 5.61. The van der Waals surface area contributed by atoms with Crippen molar-refractivity contribution in [3.05, 3.63) is 99.6 Å². The molecule has 0 bridgehead atoms. The molecule has 2 saturated heterocycles. The molecule has 2 fully saturated rings. The van der Waals surface area contributed by atoms with Gasteiger partial charge in [0.2, 0.25) is 17.6 Å². The Balaban J connectivity index is 1.51. The first kappa shape index (κ1) is 21.0. The van der Waals surface area contributed by atoms with Gasteiger partial charge >= 0.3 is 0 Å². The third-order valence-corrected chi connectivity index (χ3v) is 7.14. The van der Waals surface area contributed by atoms with Crippen LogP contribution in [0.3, 0.4) is 0 Å². The van der Waals surface area contributed by atoms with E-state index in [1.807, 2.05) is 30.3 Å². The molecule has 0 spiro atoms. The van der Waals surface area contributed by atoms with Crippen molar-refractivity contribution in [2.45, 2.75) is 19.0 Å². The largest absolute Gasteiger partial charge is 0.461 e. The van der Waals surface area contributed by atoms with Crippen LogP contribution in [0, 0.1) is 28.9 Å². The van der Waals surface area contributed by atoms with Gasteiger partial charge in [0.1, 0.15) is 6.04 Å². The third-order valence-electron chi connectivity index (χ3n) is 7.14. The minimum atomic E-state index is -0.973. The number of Topliss-reactive ketones (excluding diaryl/α,β-unsaturated/α-hetero) is 1. The molecule has 9 heteroatoms. The van der Waals surface area contributed by atoms with Gasteiger partial charge in [-0.05, 0) is 41.8 Å². The van der Waals surface area contributed by atoms with E-state index in [0.717, 1.165) is 16.0 Å². The van der Waals surface area contributed by atoms with E-state index in [2.05, 4.69) is 0 Å². The number of nitrogens with zero attached hydrogens (tertiary/aromatic N) is 3. The molecule has 4 atom stereocenters. The van der Waals surface area contributed by atoms with Crippen molar-refractivity contribution < 1.29 is 23.7 Å². The smallest absolute Gasteiger partial charge is 0.271 e. The number of rotatable bonds is 4. The van der Waals surface area contributed by atoms with Crippen LogP contribution in [0.2, 0.25) is 0 Å². The average Bonchev–Trinajstić information content (AvgIpc) is 3.56. The molecule has 1 aromatic heterocycles. The van der Waals surface area contributed by atoms with Gasteiger partial charge in [-0.2, -0.15) is 0 Å². The Labute approximate surface area is 199 Å². The maximum Gasteiger partial charge on any atom is 0.271 e. The number of imide groups is 1. The summed E-state index contributed by atoms with van der Waals surface area (Å²) in [6.07, 6.45) is 5.02. The fourth-order valence-corrected chi connectivity index (χ4v) is 5.61. The van der Waals surface area contributed by atoms with Gasteiger partial charge in [0, 0.05) is 18.3 Å². The molecular weight excluding hydrogens is 450 g/mol. The monoisotopic (exact) mass is 469 g/mol. The van der Waals surface area contributed by atoms with Crippen molar-refractivity contribution in [3.8, 4) is 0 Å². The van der Waals surface area contributed by atoms with E-state index in [1.54, 1.807) is 24.1 Å². The van der Waals surface area contributed by atoms with Gasteiger partial charge in [-0.15, -0.1) is 0 Å². The van der Waals surface area contributed by atoms with Crippen molar-refractivity contribution in [1.82, 2.24) is 4.90 Å². The molecule has 0 saturated carbocycles. The van der Waals surface area contributed by atoms with Gasteiger partial charge in [-0.1, -0.05) is 30.3 Å². The topological polar surface area (TPSA) is 114 Å². The predicted molar refractivity (Wildman–Crippen MR) is 124 cm³/mol. The highest BCUT2D eigenvalue weighted by Crippen LogP contribution is 2.54. The SMILES string of the molecule is Cc1ccc([N+](=O)[O-])cc1N1C(=O)[C@@H]2[C@H](C1=O)[C@H]1c3ccccc3C=CN1[C@@H]2C(=O)c1ccco1. The molecule has 4 heterocycles. The first-order chi connectivity index (χ1) is 16.9. The molecule has 9 nitrogen and oxygen atoms in total. The molecular formula is C26H19N3O6. The Morgan fingerprint density at radius 1 is 1.03 bits per heavy atom. The molecule has 0 N–H and O–H groups in total. The number of carbonyl (C=O) groups is 3. The van der Waals surface area contributed by atoms with E-state index < -0.39 is 46.4 Å². The van der Waals surface area contributed by atoms with Crippen LogP contribution < -0.4 is 4.90 Å². The lowest BCUT2D eigenvalue weighted by Crippen LogP contribution is -2.44. The molecule has 0 aliphatic carbocycles. The molecule has 35 heavy (non-hydrogen) atoms. The Kier molecular flexibility index (Phi) is 4.50. The summed E-state index contributed by atoms with van der Waals surface area (Å²) in [6, 6.07) is 13.3. The van der Waals surface area contributed by atoms with Crippen molar-refractivity contribution in [2.75, 3.05) is 4.90 Å².